The van der Waals surface area contributed by atoms with E-state index in [-0.39, 0.29) is 36.9 Å². The number of benzene rings is 3. The van der Waals surface area contributed by atoms with Gasteiger partial charge in [0.05, 0.1) is 24.9 Å². The summed E-state index contributed by atoms with van der Waals surface area (Å²) in [6.45, 7) is 1.25. The van der Waals surface area contributed by atoms with Crippen molar-refractivity contribution in [2.45, 2.75) is 76.3 Å². The van der Waals surface area contributed by atoms with E-state index >= 15 is 0 Å². The molecule has 4 rings (SSSR count). The standard InChI is InChI=1S/C35H44N2O8/c1-37(22-31(40)28-6-5-7-29(39)18-28)21-30-19-32(26-14-12-25(23-38)13-15-26)45-35(44-30)27-16-10-24(11-17-27)20-36-33(41)8-3-2-4-9-34(42)43/h5-7,10-18,30-32,35,38-40H,2-4,8-9,19-23H2,1H3,(H,36,41)(H,42,43)/t30-,31-,32+,35+/m1/s1. The molecular formula is C35H44N2O8. The maximum atomic E-state index is 12.2. The Kier molecular flexibility index (Phi) is 12.9. The molecule has 1 heterocycles. The largest absolute Gasteiger partial charge is 0.508 e. The van der Waals surface area contributed by atoms with Gasteiger partial charge in [0, 0.05) is 44.5 Å². The Balaban J connectivity index is 1.37. The van der Waals surface area contributed by atoms with Gasteiger partial charge in [-0.15, -0.1) is 0 Å². The second-order valence-electron chi connectivity index (χ2n) is 11.7. The Morgan fingerprint density at radius 3 is 2.31 bits per heavy atom. The van der Waals surface area contributed by atoms with Gasteiger partial charge in [0.25, 0.3) is 0 Å². The molecule has 0 saturated carbocycles. The number of phenolic OH excluding ortho intramolecular Hbond substituents is 1. The fourth-order valence-corrected chi connectivity index (χ4v) is 5.41. The fraction of sp³-hybridized carbons (Fsp3) is 0.429. The van der Waals surface area contributed by atoms with Crippen molar-refractivity contribution in [3.8, 4) is 5.75 Å². The van der Waals surface area contributed by atoms with Crippen molar-refractivity contribution < 1.29 is 39.5 Å². The predicted octanol–water partition coefficient (Wildman–Crippen LogP) is 4.75. The summed E-state index contributed by atoms with van der Waals surface area (Å²) in [5.74, 6) is -0.772. The van der Waals surface area contributed by atoms with Gasteiger partial charge in [-0.25, -0.2) is 0 Å². The van der Waals surface area contributed by atoms with Crippen LogP contribution >= 0.6 is 0 Å². The third-order valence-electron chi connectivity index (χ3n) is 7.91. The van der Waals surface area contributed by atoms with Gasteiger partial charge in [0.15, 0.2) is 6.29 Å². The molecule has 1 aliphatic rings. The van der Waals surface area contributed by atoms with Crippen LogP contribution in [-0.2, 0) is 32.2 Å². The van der Waals surface area contributed by atoms with Gasteiger partial charge in [0.1, 0.15) is 5.75 Å². The average Bonchev–Trinajstić information content (AvgIpc) is 3.03. The van der Waals surface area contributed by atoms with Crippen molar-refractivity contribution in [3.63, 3.8) is 0 Å². The van der Waals surface area contributed by atoms with E-state index in [1.807, 2.05) is 60.5 Å². The smallest absolute Gasteiger partial charge is 0.303 e. The van der Waals surface area contributed by atoms with Crippen LogP contribution in [0.4, 0.5) is 0 Å². The van der Waals surface area contributed by atoms with E-state index in [4.69, 9.17) is 14.6 Å². The number of hydrogen-bond donors (Lipinski definition) is 5. The molecular weight excluding hydrogens is 576 g/mol. The van der Waals surface area contributed by atoms with Crippen molar-refractivity contribution in [1.29, 1.82) is 0 Å². The van der Waals surface area contributed by atoms with Gasteiger partial charge >= 0.3 is 5.97 Å². The molecule has 4 atom stereocenters. The Morgan fingerprint density at radius 2 is 1.62 bits per heavy atom. The first-order chi connectivity index (χ1) is 21.7. The number of aromatic hydroxyl groups is 1. The first-order valence-corrected chi connectivity index (χ1v) is 15.4. The summed E-state index contributed by atoms with van der Waals surface area (Å²) in [6.07, 6.45) is 1.16. The topological polar surface area (TPSA) is 149 Å². The highest BCUT2D eigenvalue weighted by Crippen LogP contribution is 2.38. The number of nitrogens with one attached hydrogen (secondary N) is 1. The van der Waals surface area contributed by atoms with Crippen LogP contribution in [0.3, 0.4) is 0 Å². The van der Waals surface area contributed by atoms with Crippen LogP contribution in [-0.4, -0.2) is 63.4 Å². The molecule has 0 aromatic heterocycles. The highest BCUT2D eigenvalue weighted by atomic mass is 16.7. The van der Waals surface area contributed by atoms with Crippen LogP contribution in [0.1, 0.15) is 84.8 Å². The van der Waals surface area contributed by atoms with Crippen molar-refractivity contribution in [1.82, 2.24) is 10.2 Å². The van der Waals surface area contributed by atoms with E-state index in [1.165, 1.54) is 0 Å². The zero-order chi connectivity index (χ0) is 32.2. The predicted molar refractivity (Wildman–Crippen MR) is 168 cm³/mol. The number of carboxylic acid groups (broad SMARTS) is 1. The quantitative estimate of drug-likeness (QED) is 0.143. The monoisotopic (exact) mass is 620 g/mol. The van der Waals surface area contributed by atoms with Crippen LogP contribution in [0.5, 0.6) is 5.75 Å². The van der Waals surface area contributed by atoms with E-state index in [2.05, 4.69) is 5.32 Å². The molecule has 10 heteroatoms. The normalized spacial score (nSPS) is 18.9. The zero-order valence-corrected chi connectivity index (χ0v) is 25.7. The Morgan fingerprint density at radius 1 is 0.933 bits per heavy atom. The number of carboxylic acids is 1. The summed E-state index contributed by atoms with van der Waals surface area (Å²) >= 11 is 0. The molecule has 1 saturated heterocycles. The third kappa shape index (κ3) is 10.9. The van der Waals surface area contributed by atoms with Crippen LogP contribution in [0.2, 0.25) is 0 Å². The zero-order valence-electron chi connectivity index (χ0n) is 25.7. The van der Waals surface area contributed by atoms with Crippen molar-refractivity contribution in [2.24, 2.45) is 0 Å². The van der Waals surface area contributed by atoms with E-state index in [9.17, 15) is 24.9 Å². The lowest BCUT2D eigenvalue weighted by atomic mass is 9.99. The number of amides is 1. The van der Waals surface area contributed by atoms with Crippen molar-refractivity contribution >= 4 is 11.9 Å². The minimum absolute atomic E-state index is 0.0356. The number of carbonyl (C=O) groups excluding carboxylic acids is 1. The average molecular weight is 621 g/mol. The lowest BCUT2D eigenvalue weighted by molar-refractivity contribution is -0.252. The highest BCUT2D eigenvalue weighted by Gasteiger charge is 2.33. The maximum absolute atomic E-state index is 12.2. The summed E-state index contributed by atoms with van der Waals surface area (Å²) in [4.78, 5) is 24.8. The number of hydrogen-bond acceptors (Lipinski definition) is 8. The molecule has 5 N–H and O–H groups in total. The van der Waals surface area contributed by atoms with E-state index in [0.29, 0.717) is 57.3 Å². The number of carbonyl (C=O) groups is 2. The van der Waals surface area contributed by atoms with Crippen LogP contribution < -0.4 is 5.32 Å². The number of aliphatic hydroxyl groups excluding tert-OH is 2. The van der Waals surface area contributed by atoms with Crippen molar-refractivity contribution in [2.75, 3.05) is 20.1 Å². The molecule has 0 unspecified atom stereocenters. The Labute approximate surface area is 264 Å². The highest BCUT2D eigenvalue weighted by molar-refractivity contribution is 5.75. The molecule has 0 spiro atoms. The van der Waals surface area contributed by atoms with Crippen LogP contribution in [0.15, 0.2) is 72.8 Å². The summed E-state index contributed by atoms with van der Waals surface area (Å²) in [5.41, 5.74) is 4.21. The van der Waals surface area contributed by atoms with Crippen LogP contribution in [0.25, 0.3) is 0 Å². The van der Waals surface area contributed by atoms with Gasteiger partial charge in [0.2, 0.25) is 5.91 Å². The number of ether oxygens (including phenoxy) is 2. The van der Waals surface area contributed by atoms with E-state index in [0.717, 1.165) is 22.3 Å². The van der Waals surface area contributed by atoms with Gasteiger partial charge < -0.3 is 40.1 Å². The van der Waals surface area contributed by atoms with Gasteiger partial charge in [-0.05, 0) is 54.3 Å². The van der Waals surface area contributed by atoms with E-state index in [1.54, 1.807) is 24.3 Å². The van der Waals surface area contributed by atoms with Gasteiger partial charge in [-0.2, -0.15) is 0 Å². The van der Waals surface area contributed by atoms with E-state index < -0.39 is 18.4 Å². The number of rotatable bonds is 16. The summed E-state index contributed by atoms with van der Waals surface area (Å²) in [7, 11) is 1.92. The molecule has 10 nitrogen and oxygen atoms in total. The number of likely N-dealkylation sites (N-methyl/N-ethyl adjacent to an activating group) is 1. The molecule has 0 bridgehead atoms. The lowest BCUT2D eigenvalue weighted by Gasteiger charge is -2.38. The second-order valence-corrected chi connectivity index (χ2v) is 11.7. The molecule has 242 valence electrons. The molecule has 0 radical (unpaired) electrons. The summed E-state index contributed by atoms with van der Waals surface area (Å²) in [6, 6.07) is 22.0. The Hall–Kier alpha value is -3.80. The molecule has 1 aliphatic heterocycles. The Bertz CT molecular complexity index is 1360. The molecule has 0 aliphatic carbocycles. The first kappa shape index (κ1) is 34.1. The number of nitrogens with zero attached hydrogens (tertiary/aromatic N) is 1. The summed E-state index contributed by atoms with van der Waals surface area (Å²) < 4.78 is 12.9. The number of aliphatic hydroxyl groups is 2. The molecule has 45 heavy (non-hydrogen) atoms. The minimum Gasteiger partial charge on any atom is -0.508 e. The van der Waals surface area contributed by atoms with Gasteiger partial charge in [-0.3, -0.25) is 9.59 Å². The number of aliphatic carboxylic acids is 1. The summed E-state index contributed by atoms with van der Waals surface area (Å²) in [5, 5.41) is 41.7. The van der Waals surface area contributed by atoms with Crippen molar-refractivity contribution in [3.05, 3.63) is 101 Å². The minimum atomic E-state index is -0.816. The first-order valence-electron chi connectivity index (χ1n) is 15.4. The lowest BCUT2D eigenvalue weighted by Crippen LogP contribution is -2.39. The SMILES string of the molecule is CN(C[C@H]1C[C@@H](c2ccc(CO)cc2)O[C@@H](c2ccc(CNC(=O)CCCCCC(=O)O)cc2)O1)C[C@@H](O)c1cccc(O)c1. The molecule has 3 aromatic rings. The molecule has 1 fully saturated rings. The van der Waals surface area contributed by atoms with Crippen LogP contribution in [0, 0.1) is 0 Å². The number of phenols is 1. The third-order valence-corrected chi connectivity index (χ3v) is 7.91. The second kappa shape index (κ2) is 17.0. The molecule has 3 aromatic carbocycles. The molecule has 1 amide bonds. The fourth-order valence-electron chi connectivity index (χ4n) is 5.41. The van der Waals surface area contributed by atoms with Gasteiger partial charge in [-0.1, -0.05) is 67.1 Å². The maximum Gasteiger partial charge on any atom is 0.303 e. The number of unbranched alkanes of at least 4 members (excludes halogenated alkanes) is 2.